The van der Waals surface area contributed by atoms with Crippen LogP contribution in [0.1, 0.15) is 24.8 Å². The third kappa shape index (κ3) is 7.15. The molecule has 0 bridgehead atoms. The van der Waals surface area contributed by atoms with Gasteiger partial charge in [0, 0.05) is 0 Å². The summed E-state index contributed by atoms with van der Waals surface area (Å²) in [6.07, 6.45) is 3.34. The molecule has 1 atom stereocenters. The van der Waals surface area contributed by atoms with Crippen LogP contribution >= 0.6 is 11.8 Å². The van der Waals surface area contributed by atoms with Crippen LogP contribution in [-0.2, 0) is 16.1 Å². The first-order valence-corrected chi connectivity index (χ1v) is 8.15. The maximum Gasteiger partial charge on any atom is 0.408 e. The average Bonchev–Trinajstić information content (AvgIpc) is 2.52. The molecule has 116 valence electrons. The van der Waals surface area contributed by atoms with E-state index < -0.39 is 12.1 Å². The molecule has 0 aliphatic heterocycles. The molecule has 6 heteroatoms. The monoisotopic (exact) mass is 310 g/mol. The Morgan fingerprint density at radius 2 is 2.00 bits per heavy atom. The molecule has 0 saturated carbocycles. The highest BCUT2D eigenvalue weighted by Crippen LogP contribution is 2.09. The van der Waals surface area contributed by atoms with Crippen molar-refractivity contribution in [1.29, 1.82) is 0 Å². The number of carbonyl (C=O) groups is 2. The van der Waals surface area contributed by atoms with Crippen LogP contribution < -0.4 is 11.1 Å². The van der Waals surface area contributed by atoms with Crippen molar-refractivity contribution in [3.05, 3.63) is 35.9 Å². The number of nitrogens with one attached hydrogen (secondary N) is 1. The SMILES string of the molecule is CSC(=O)[C@H](CCCCN)NC(=O)OCc1ccccc1. The highest BCUT2D eigenvalue weighted by atomic mass is 32.2. The summed E-state index contributed by atoms with van der Waals surface area (Å²) in [7, 11) is 0. The summed E-state index contributed by atoms with van der Waals surface area (Å²) in [5.41, 5.74) is 6.34. The number of rotatable bonds is 8. The minimum atomic E-state index is -0.570. The number of hydrogen-bond acceptors (Lipinski definition) is 5. The Morgan fingerprint density at radius 1 is 1.29 bits per heavy atom. The Balaban J connectivity index is 2.41. The van der Waals surface area contributed by atoms with Crippen LogP contribution in [-0.4, -0.2) is 30.1 Å². The number of nitrogens with two attached hydrogens (primary N) is 1. The molecule has 1 amide bonds. The highest BCUT2D eigenvalue weighted by Gasteiger charge is 2.20. The summed E-state index contributed by atoms with van der Waals surface area (Å²) in [4.78, 5) is 23.5. The highest BCUT2D eigenvalue weighted by molar-refractivity contribution is 8.13. The molecule has 0 aromatic heterocycles. The number of alkyl carbamates (subject to hydrolysis) is 1. The molecule has 1 aromatic rings. The molecule has 3 N–H and O–H groups in total. The van der Waals surface area contributed by atoms with Crippen LogP contribution in [0.3, 0.4) is 0 Å². The fraction of sp³-hybridized carbons (Fsp3) is 0.467. The van der Waals surface area contributed by atoms with Gasteiger partial charge in [-0.3, -0.25) is 4.79 Å². The Kier molecular flexibility index (Phi) is 8.54. The van der Waals surface area contributed by atoms with E-state index in [1.165, 1.54) is 0 Å². The minimum Gasteiger partial charge on any atom is -0.445 e. The van der Waals surface area contributed by atoms with Crippen LogP contribution in [0.5, 0.6) is 0 Å². The summed E-state index contributed by atoms with van der Waals surface area (Å²) in [6, 6.07) is 8.88. The molecule has 5 nitrogen and oxygen atoms in total. The van der Waals surface area contributed by atoms with Crippen molar-refractivity contribution in [3.63, 3.8) is 0 Å². The van der Waals surface area contributed by atoms with Gasteiger partial charge in [0.15, 0.2) is 0 Å². The number of carbonyl (C=O) groups excluding carboxylic acids is 2. The molecule has 21 heavy (non-hydrogen) atoms. The summed E-state index contributed by atoms with van der Waals surface area (Å²) in [5.74, 6) is 0. The smallest absolute Gasteiger partial charge is 0.408 e. The molecule has 0 saturated heterocycles. The number of benzene rings is 1. The summed E-state index contributed by atoms with van der Waals surface area (Å²) < 4.78 is 5.12. The van der Waals surface area contributed by atoms with Gasteiger partial charge in [0.1, 0.15) is 12.6 Å². The lowest BCUT2D eigenvalue weighted by Crippen LogP contribution is -2.39. The first kappa shape index (κ1) is 17.5. The van der Waals surface area contributed by atoms with E-state index in [2.05, 4.69) is 5.32 Å². The second-order valence-corrected chi connectivity index (χ2v) is 5.38. The number of hydrogen-bond donors (Lipinski definition) is 2. The fourth-order valence-corrected chi connectivity index (χ4v) is 2.25. The minimum absolute atomic E-state index is 0.0660. The quantitative estimate of drug-likeness (QED) is 0.720. The van der Waals surface area contributed by atoms with Crippen molar-refractivity contribution in [3.8, 4) is 0 Å². The Morgan fingerprint density at radius 3 is 2.62 bits per heavy atom. The lowest BCUT2D eigenvalue weighted by molar-refractivity contribution is -0.112. The van der Waals surface area contributed by atoms with Gasteiger partial charge in [0.25, 0.3) is 0 Å². The van der Waals surface area contributed by atoms with Crippen LogP contribution in [0.4, 0.5) is 4.79 Å². The lowest BCUT2D eigenvalue weighted by Gasteiger charge is -2.16. The van der Waals surface area contributed by atoms with E-state index in [1.54, 1.807) is 6.26 Å². The summed E-state index contributed by atoms with van der Waals surface area (Å²) in [6.45, 7) is 0.772. The predicted molar refractivity (Wildman–Crippen MR) is 85.0 cm³/mol. The third-order valence-electron chi connectivity index (χ3n) is 2.94. The van der Waals surface area contributed by atoms with E-state index >= 15 is 0 Å². The number of unbranched alkanes of at least 4 members (excludes halogenated alkanes) is 1. The van der Waals surface area contributed by atoms with Gasteiger partial charge in [-0.2, -0.15) is 0 Å². The molecule has 0 aliphatic carbocycles. The second kappa shape index (κ2) is 10.2. The van der Waals surface area contributed by atoms with Crippen molar-refractivity contribution in [2.45, 2.75) is 31.9 Å². The van der Waals surface area contributed by atoms with Gasteiger partial charge < -0.3 is 15.8 Å². The van der Waals surface area contributed by atoms with Gasteiger partial charge in [0.05, 0.1) is 0 Å². The zero-order valence-electron chi connectivity index (χ0n) is 12.2. The normalized spacial score (nSPS) is 11.7. The molecule has 0 fully saturated rings. The molecule has 0 spiro atoms. The van der Waals surface area contributed by atoms with Gasteiger partial charge in [-0.05, 0) is 37.6 Å². The van der Waals surface area contributed by atoms with E-state index in [0.717, 1.165) is 30.2 Å². The number of thioether (sulfide) groups is 1. The van der Waals surface area contributed by atoms with Crippen LogP contribution in [0.25, 0.3) is 0 Å². The van der Waals surface area contributed by atoms with Crippen molar-refractivity contribution in [1.82, 2.24) is 5.32 Å². The first-order valence-electron chi connectivity index (χ1n) is 6.92. The van der Waals surface area contributed by atoms with Crippen molar-refractivity contribution in [2.24, 2.45) is 5.73 Å². The topological polar surface area (TPSA) is 81.4 Å². The zero-order chi connectivity index (χ0) is 15.5. The summed E-state index contributed by atoms with van der Waals surface area (Å²) in [5, 5.41) is 2.56. The third-order valence-corrected chi connectivity index (χ3v) is 3.62. The maximum absolute atomic E-state index is 11.8. The maximum atomic E-state index is 11.8. The molecule has 1 rings (SSSR count). The summed E-state index contributed by atoms with van der Waals surface area (Å²) >= 11 is 1.11. The van der Waals surface area contributed by atoms with Crippen molar-refractivity contribution in [2.75, 3.05) is 12.8 Å². The second-order valence-electron chi connectivity index (χ2n) is 4.57. The molecule has 0 aliphatic rings. The first-order chi connectivity index (χ1) is 10.2. The van der Waals surface area contributed by atoms with E-state index in [4.69, 9.17) is 10.5 Å². The van der Waals surface area contributed by atoms with E-state index in [-0.39, 0.29) is 11.7 Å². The lowest BCUT2D eigenvalue weighted by atomic mass is 10.1. The van der Waals surface area contributed by atoms with Gasteiger partial charge in [0.2, 0.25) is 5.12 Å². The van der Waals surface area contributed by atoms with Crippen LogP contribution in [0, 0.1) is 0 Å². The molecular formula is C15H22N2O3S. The van der Waals surface area contributed by atoms with Gasteiger partial charge in [-0.1, -0.05) is 42.1 Å². The van der Waals surface area contributed by atoms with Gasteiger partial charge >= 0.3 is 6.09 Å². The van der Waals surface area contributed by atoms with Crippen molar-refractivity contribution >= 4 is 23.0 Å². The van der Waals surface area contributed by atoms with Crippen LogP contribution in [0.2, 0.25) is 0 Å². The molecule has 1 aromatic carbocycles. The Labute approximate surface area is 129 Å². The molecule has 0 unspecified atom stereocenters. The van der Waals surface area contributed by atoms with Gasteiger partial charge in [-0.15, -0.1) is 0 Å². The van der Waals surface area contributed by atoms with Crippen molar-refractivity contribution < 1.29 is 14.3 Å². The molecule has 0 heterocycles. The number of ether oxygens (including phenoxy) is 1. The largest absolute Gasteiger partial charge is 0.445 e. The van der Waals surface area contributed by atoms with E-state index in [9.17, 15) is 9.59 Å². The Bertz CT molecular complexity index is 440. The predicted octanol–water partition coefficient (Wildman–Crippen LogP) is 2.30. The average molecular weight is 310 g/mol. The standard InChI is InChI=1S/C15H22N2O3S/c1-21-14(18)13(9-5-6-10-16)17-15(19)20-11-12-7-3-2-4-8-12/h2-4,7-8,13H,5-6,9-11,16H2,1H3,(H,17,19)/t13-/m0/s1. The Hall–Kier alpha value is -1.53. The zero-order valence-corrected chi connectivity index (χ0v) is 13.0. The number of amides is 1. The van der Waals surface area contributed by atoms with E-state index in [0.29, 0.717) is 13.0 Å². The molecular weight excluding hydrogens is 288 g/mol. The fourth-order valence-electron chi connectivity index (χ4n) is 1.79. The van der Waals surface area contributed by atoms with Crippen LogP contribution in [0.15, 0.2) is 30.3 Å². The molecule has 0 radical (unpaired) electrons. The van der Waals surface area contributed by atoms with E-state index in [1.807, 2.05) is 30.3 Å². The van der Waals surface area contributed by atoms with Gasteiger partial charge in [-0.25, -0.2) is 4.79 Å².